The molecule has 1 aromatic heterocycles. The number of carboxylic acids is 1. The van der Waals surface area contributed by atoms with Gasteiger partial charge in [0.15, 0.2) is 6.04 Å². The van der Waals surface area contributed by atoms with Crippen molar-refractivity contribution in [1.82, 2.24) is 5.32 Å². The smallest absolute Gasteiger partial charge is 0.330 e. The van der Waals surface area contributed by atoms with Crippen molar-refractivity contribution >= 4 is 11.9 Å². The van der Waals surface area contributed by atoms with E-state index in [4.69, 9.17) is 4.42 Å². The van der Waals surface area contributed by atoms with Crippen LogP contribution < -0.4 is 5.32 Å². The Balaban J connectivity index is 1.67. The molecule has 0 radical (unpaired) electrons. The van der Waals surface area contributed by atoms with E-state index in [1.807, 2.05) is 6.07 Å². The number of hydrogen-bond donors (Lipinski definition) is 2. The molecule has 0 unspecified atom stereocenters. The normalized spacial score (nSPS) is 21.5. The third-order valence-corrected chi connectivity index (χ3v) is 3.70. The van der Waals surface area contributed by atoms with Crippen molar-refractivity contribution < 1.29 is 19.1 Å². The highest BCUT2D eigenvalue weighted by molar-refractivity contribution is 5.88. The van der Waals surface area contributed by atoms with E-state index in [0.29, 0.717) is 12.0 Å². The number of carbonyl (C=O) groups excluding carboxylic acids is 1. The number of hydrogen-bond acceptors (Lipinski definition) is 3. The molecule has 5 nitrogen and oxygen atoms in total. The van der Waals surface area contributed by atoms with Gasteiger partial charge in [0, 0.05) is 11.8 Å². The van der Waals surface area contributed by atoms with Gasteiger partial charge in [-0.15, -0.1) is 0 Å². The van der Waals surface area contributed by atoms with Gasteiger partial charge < -0.3 is 14.8 Å². The van der Waals surface area contributed by atoms with Crippen molar-refractivity contribution in [2.75, 3.05) is 0 Å². The zero-order chi connectivity index (χ0) is 14.8. The summed E-state index contributed by atoms with van der Waals surface area (Å²) in [6.07, 6.45) is 2.27. The third-order valence-electron chi connectivity index (χ3n) is 3.70. The topological polar surface area (TPSA) is 79.5 Å². The molecule has 0 bridgehead atoms. The van der Waals surface area contributed by atoms with Crippen LogP contribution >= 0.6 is 0 Å². The lowest BCUT2D eigenvalue weighted by Gasteiger charge is -2.14. The first-order valence-electron chi connectivity index (χ1n) is 6.78. The zero-order valence-electron chi connectivity index (χ0n) is 11.2. The van der Waals surface area contributed by atoms with Gasteiger partial charge in [0.05, 0.1) is 6.26 Å². The minimum Gasteiger partial charge on any atom is -0.479 e. The van der Waals surface area contributed by atoms with Gasteiger partial charge in [-0.25, -0.2) is 4.79 Å². The summed E-state index contributed by atoms with van der Waals surface area (Å²) in [5.41, 5.74) is 0.563. The third kappa shape index (κ3) is 2.81. The molecule has 0 aliphatic heterocycles. The van der Waals surface area contributed by atoms with E-state index in [-0.39, 0.29) is 17.7 Å². The van der Waals surface area contributed by atoms with Crippen LogP contribution in [0.1, 0.15) is 29.7 Å². The second kappa shape index (κ2) is 5.44. The summed E-state index contributed by atoms with van der Waals surface area (Å²) in [6, 6.07) is 11.3. The monoisotopic (exact) mass is 285 g/mol. The van der Waals surface area contributed by atoms with E-state index in [9.17, 15) is 14.7 Å². The Morgan fingerprint density at radius 2 is 1.95 bits per heavy atom. The molecule has 2 aromatic rings. The maximum Gasteiger partial charge on any atom is 0.330 e. The maximum atomic E-state index is 12.2. The minimum atomic E-state index is -1.07. The van der Waals surface area contributed by atoms with Gasteiger partial charge >= 0.3 is 5.97 Å². The molecule has 108 valence electrons. The molecular formula is C16H15NO4. The molecule has 1 saturated carbocycles. The number of furan rings is 1. The number of rotatable bonds is 5. The Kier molecular flexibility index (Phi) is 3.48. The molecule has 1 fully saturated rings. The van der Waals surface area contributed by atoms with E-state index in [1.54, 1.807) is 42.7 Å². The van der Waals surface area contributed by atoms with E-state index < -0.39 is 12.0 Å². The molecule has 5 heteroatoms. The SMILES string of the molecule is O=C(O)[C@H](NC(=O)[C@@H]1C[C@H]1c1ccco1)c1ccccc1. The molecular weight excluding hydrogens is 270 g/mol. The number of benzene rings is 1. The molecule has 1 aromatic carbocycles. The summed E-state index contributed by atoms with van der Waals surface area (Å²) in [5.74, 6) is -0.675. The van der Waals surface area contributed by atoms with Gasteiger partial charge in [-0.2, -0.15) is 0 Å². The standard InChI is InChI=1S/C16H15NO4/c18-15(12-9-11(12)13-7-4-8-21-13)17-14(16(19)20)10-5-2-1-3-6-10/h1-8,11-12,14H,9H2,(H,17,18)(H,19,20)/t11-,12-,14-/m1/s1. The summed E-state index contributed by atoms with van der Waals surface area (Å²) in [5, 5.41) is 11.9. The van der Waals surface area contributed by atoms with Crippen molar-refractivity contribution in [3.63, 3.8) is 0 Å². The fourth-order valence-corrected chi connectivity index (χ4v) is 2.48. The molecule has 2 N–H and O–H groups in total. The molecule has 1 heterocycles. The summed E-state index contributed by atoms with van der Waals surface area (Å²) < 4.78 is 5.28. The number of aliphatic carboxylic acids is 1. The predicted octanol–water partition coefficient (Wildman–Crippen LogP) is 2.33. The van der Waals surface area contributed by atoms with Crippen LogP contribution in [0.4, 0.5) is 0 Å². The van der Waals surface area contributed by atoms with Crippen LogP contribution in [0.2, 0.25) is 0 Å². The second-order valence-corrected chi connectivity index (χ2v) is 5.15. The number of carboxylic acid groups (broad SMARTS) is 1. The van der Waals surface area contributed by atoms with Crippen molar-refractivity contribution in [2.45, 2.75) is 18.4 Å². The van der Waals surface area contributed by atoms with Gasteiger partial charge in [0.25, 0.3) is 0 Å². The van der Waals surface area contributed by atoms with Gasteiger partial charge in [-0.1, -0.05) is 30.3 Å². The van der Waals surface area contributed by atoms with E-state index >= 15 is 0 Å². The highest BCUT2D eigenvalue weighted by Gasteiger charge is 2.46. The summed E-state index contributed by atoms with van der Waals surface area (Å²) >= 11 is 0. The Hall–Kier alpha value is -2.56. The maximum absolute atomic E-state index is 12.2. The molecule has 21 heavy (non-hydrogen) atoms. The van der Waals surface area contributed by atoms with Crippen LogP contribution in [0.25, 0.3) is 0 Å². The molecule has 1 aliphatic carbocycles. The minimum absolute atomic E-state index is 0.0604. The fourth-order valence-electron chi connectivity index (χ4n) is 2.48. The molecule has 3 rings (SSSR count). The first-order chi connectivity index (χ1) is 10.2. The lowest BCUT2D eigenvalue weighted by atomic mass is 10.1. The van der Waals surface area contributed by atoms with Gasteiger partial charge in [-0.05, 0) is 24.1 Å². The molecule has 1 aliphatic rings. The number of carbonyl (C=O) groups is 2. The van der Waals surface area contributed by atoms with Crippen LogP contribution in [0, 0.1) is 5.92 Å². The molecule has 3 atom stereocenters. The Labute approximate surface area is 121 Å². The van der Waals surface area contributed by atoms with Crippen LogP contribution in [-0.4, -0.2) is 17.0 Å². The predicted molar refractivity (Wildman–Crippen MR) is 74.5 cm³/mol. The first kappa shape index (κ1) is 13.4. The summed E-state index contributed by atoms with van der Waals surface area (Å²) in [7, 11) is 0. The fraction of sp³-hybridized carbons (Fsp3) is 0.250. The lowest BCUT2D eigenvalue weighted by Crippen LogP contribution is -2.34. The van der Waals surface area contributed by atoms with Gasteiger partial charge in [0.1, 0.15) is 5.76 Å². The van der Waals surface area contributed by atoms with E-state index in [1.165, 1.54) is 0 Å². The first-order valence-corrected chi connectivity index (χ1v) is 6.78. The van der Waals surface area contributed by atoms with Gasteiger partial charge in [0.2, 0.25) is 5.91 Å². The highest BCUT2D eigenvalue weighted by atomic mass is 16.4. The van der Waals surface area contributed by atoms with Crippen molar-refractivity contribution in [3.05, 3.63) is 60.1 Å². The Morgan fingerprint density at radius 1 is 1.19 bits per heavy atom. The van der Waals surface area contributed by atoms with Crippen LogP contribution in [0.3, 0.4) is 0 Å². The zero-order valence-corrected chi connectivity index (χ0v) is 11.2. The highest BCUT2D eigenvalue weighted by Crippen LogP contribution is 2.47. The number of amides is 1. The Bertz CT molecular complexity index is 636. The van der Waals surface area contributed by atoms with Crippen molar-refractivity contribution in [1.29, 1.82) is 0 Å². The number of nitrogens with one attached hydrogen (secondary N) is 1. The largest absolute Gasteiger partial charge is 0.479 e. The lowest BCUT2D eigenvalue weighted by molar-refractivity contribution is -0.142. The van der Waals surface area contributed by atoms with Crippen LogP contribution in [0.15, 0.2) is 53.1 Å². The van der Waals surface area contributed by atoms with Crippen molar-refractivity contribution in [3.8, 4) is 0 Å². The van der Waals surface area contributed by atoms with Crippen LogP contribution in [-0.2, 0) is 9.59 Å². The second-order valence-electron chi connectivity index (χ2n) is 5.15. The van der Waals surface area contributed by atoms with E-state index in [0.717, 1.165) is 5.76 Å². The molecule has 0 spiro atoms. The van der Waals surface area contributed by atoms with E-state index in [2.05, 4.69) is 5.32 Å². The van der Waals surface area contributed by atoms with Crippen molar-refractivity contribution in [2.24, 2.45) is 5.92 Å². The average molecular weight is 285 g/mol. The quantitative estimate of drug-likeness (QED) is 0.883. The average Bonchev–Trinajstić information content (AvgIpc) is 3.11. The molecule has 1 amide bonds. The molecule has 0 saturated heterocycles. The van der Waals surface area contributed by atoms with Gasteiger partial charge in [-0.3, -0.25) is 4.79 Å². The summed E-state index contributed by atoms with van der Waals surface area (Å²) in [4.78, 5) is 23.5. The van der Waals surface area contributed by atoms with Crippen LogP contribution in [0.5, 0.6) is 0 Å². The summed E-state index contributed by atoms with van der Waals surface area (Å²) in [6.45, 7) is 0. The Morgan fingerprint density at radius 3 is 2.57 bits per heavy atom.